The zero-order chi connectivity index (χ0) is 12.7. The highest BCUT2D eigenvalue weighted by Gasteiger charge is 2.41. The molecule has 0 aliphatic heterocycles. The molecule has 17 heavy (non-hydrogen) atoms. The summed E-state index contributed by atoms with van der Waals surface area (Å²) in [7, 11) is 0. The van der Waals surface area contributed by atoms with Crippen LogP contribution in [0, 0.1) is 0 Å². The Morgan fingerprint density at radius 2 is 1.94 bits per heavy atom. The van der Waals surface area contributed by atoms with E-state index < -0.39 is 0 Å². The Morgan fingerprint density at radius 3 is 2.41 bits per heavy atom. The molecule has 0 aromatic carbocycles. The third kappa shape index (κ3) is 3.82. The maximum atomic E-state index is 6.15. The molecule has 0 aromatic rings. The molecule has 0 spiro atoms. The molecule has 0 amide bonds. The average Bonchev–Trinajstić information content (AvgIpc) is 2.78. The SMILES string of the molecule is C=C(CC)CC(NCC)C1(OCC)CCCC1. The predicted octanol–water partition coefficient (Wildman–Crippen LogP) is 3.67. The van der Waals surface area contributed by atoms with Crippen LogP contribution in [0.4, 0.5) is 0 Å². The van der Waals surface area contributed by atoms with Crippen molar-refractivity contribution in [3.8, 4) is 0 Å². The lowest BCUT2D eigenvalue weighted by atomic mass is 9.87. The van der Waals surface area contributed by atoms with Crippen molar-refractivity contribution in [1.29, 1.82) is 0 Å². The number of likely N-dealkylation sites (N-methyl/N-ethyl adjacent to an activating group) is 1. The molecule has 1 fully saturated rings. The third-order valence-corrected chi connectivity index (χ3v) is 3.96. The van der Waals surface area contributed by atoms with Gasteiger partial charge in [0.25, 0.3) is 0 Å². The van der Waals surface area contributed by atoms with Crippen LogP contribution < -0.4 is 5.32 Å². The Labute approximate surface area is 107 Å². The molecule has 0 heterocycles. The van der Waals surface area contributed by atoms with Gasteiger partial charge in [0.1, 0.15) is 0 Å². The molecule has 1 aliphatic carbocycles. The summed E-state index contributed by atoms with van der Waals surface area (Å²) < 4.78 is 6.15. The fourth-order valence-electron chi connectivity index (χ4n) is 2.98. The van der Waals surface area contributed by atoms with E-state index in [-0.39, 0.29) is 5.60 Å². The van der Waals surface area contributed by atoms with Gasteiger partial charge < -0.3 is 10.1 Å². The van der Waals surface area contributed by atoms with Gasteiger partial charge in [-0.2, -0.15) is 0 Å². The van der Waals surface area contributed by atoms with E-state index in [4.69, 9.17) is 4.74 Å². The molecule has 1 atom stereocenters. The number of hydrogen-bond acceptors (Lipinski definition) is 2. The molecule has 2 heteroatoms. The first-order chi connectivity index (χ1) is 8.18. The fourth-order valence-corrected chi connectivity index (χ4v) is 2.98. The van der Waals surface area contributed by atoms with E-state index in [1.807, 2.05) is 0 Å². The van der Waals surface area contributed by atoms with Gasteiger partial charge in [-0.25, -0.2) is 0 Å². The van der Waals surface area contributed by atoms with Crippen LogP contribution in [0.3, 0.4) is 0 Å². The largest absolute Gasteiger partial charge is 0.374 e. The molecule has 0 aromatic heterocycles. The van der Waals surface area contributed by atoms with E-state index in [9.17, 15) is 0 Å². The molecule has 0 bridgehead atoms. The number of hydrogen-bond donors (Lipinski definition) is 1. The number of nitrogens with one attached hydrogen (secondary N) is 1. The highest BCUT2D eigenvalue weighted by atomic mass is 16.5. The fraction of sp³-hybridized carbons (Fsp3) is 0.867. The molecule has 0 saturated heterocycles. The molecule has 1 N–H and O–H groups in total. The Balaban J connectivity index is 2.73. The number of rotatable bonds is 8. The van der Waals surface area contributed by atoms with E-state index >= 15 is 0 Å². The lowest BCUT2D eigenvalue weighted by Gasteiger charge is -2.38. The Morgan fingerprint density at radius 1 is 1.29 bits per heavy atom. The van der Waals surface area contributed by atoms with Crippen LogP contribution in [0.15, 0.2) is 12.2 Å². The molecule has 1 unspecified atom stereocenters. The van der Waals surface area contributed by atoms with E-state index in [0.717, 1.165) is 26.0 Å². The third-order valence-electron chi connectivity index (χ3n) is 3.96. The first-order valence-electron chi connectivity index (χ1n) is 7.22. The predicted molar refractivity (Wildman–Crippen MR) is 74.3 cm³/mol. The van der Waals surface area contributed by atoms with Crippen molar-refractivity contribution in [3.05, 3.63) is 12.2 Å². The average molecular weight is 239 g/mol. The van der Waals surface area contributed by atoms with Gasteiger partial charge in [0.2, 0.25) is 0 Å². The normalized spacial score (nSPS) is 20.4. The highest BCUT2D eigenvalue weighted by Crippen LogP contribution is 2.38. The topological polar surface area (TPSA) is 21.3 Å². The lowest BCUT2D eigenvalue weighted by Crippen LogP contribution is -2.51. The molecular weight excluding hydrogens is 210 g/mol. The second-order valence-electron chi connectivity index (χ2n) is 5.12. The van der Waals surface area contributed by atoms with Crippen LogP contribution in [0.2, 0.25) is 0 Å². The standard InChI is InChI=1S/C15H29NO/c1-5-13(4)12-14(16-6-2)15(17-7-3)10-8-9-11-15/h14,16H,4-12H2,1-3H3. The summed E-state index contributed by atoms with van der Waals surface area (Å²) in [6.07, 6.45) is 7.15. The second kappa shape index (κ2) is 7.17. The summed E-state index contributed by atoms with van der Waals surface area (Å²) in [6, 6.07) is 0.447. The van der Waals surface area contributed by atoms with Crippen LogP contribution in [0.25, 0.3) is 0 Å². The van der Waals surface area contributed by atoms with Crippen LogP contribution >= 0.6 is 0 Å². The molecule has 2 nitrogen and oxygen atoms in total. The van der Waals surface area contributed by atoms with Crippen molar-refractivity contribution in [2.24, 2.45) is 0 Å². The Hall–Kier alpha value is -0.340. The number of ether oxygens (including phenoxy) is 1. The smallest absolute Gasteiger partial charge is 0.0837 e. The first kappa shape index (κ1) is 14.7. The van der Waals surface area contributed by atoms with Gasteiger partial charge in [0.15, 0.2) is 0 Å². The molecule has 1 rings (SSSR count). The van der Waals surface area contributed by atoms with Gasteiger partial charge in [-0.15, -0.1) is 0 Å². The quantitative estimate of drug-likeness (QED) is 0.653. The van der Waals surface area contributed by atoms with E-state index in [2.05, 4.69) is 32.7 Å². The van der Waals surface area contributed by atoms with Gasteiger partial charge >= 0.3 is 0 Å². The summed E-state index contributed by atoms with van der Waals surface area (Å²) in [4.78, 5) is 0. The summed E-state index contributed by atoms with van der Waals surface area (Å²) in [6.45, 7) is 12.5. The van der Waals surface area contributed by atoms with E-state index in [1.54, 1.807) is 0 Å². The maximum Gasteiger partial charge on any atom is 0.0837 e. The monoisotopic (exact) mass is 239 g/mol. The molecular formula is C15H29NO. The van der Waals surface area contributed by atoms with Gasteiger partial charge in [0, 0.05) is 12.6 Å². The van der Waals surface area contributed by atoms with Crippen molar-refractivity contribution < 1.29 is 4.74 Å². The van der Waals surface area contributed by atoms with Crippen LogP contribution in [0.1, 0.15) is 59.3 Å². The molecule has 100 valence electrons. The summed E-state index contributed by atoms with van der Waals surface area (Å²) >= 11 is 0. The van der Waals surface area contributed by atoms with Gasteiger partial charge in [-0.1, -0.05) is 38.8 Å². The van der Waals surface area contributed by atoms with Gasteiger partial charge in [0.05, 0.1) is 5.60 Å². The van der Waals surface area contributed by atoms with E-state index in [1.165, 1.54) is 31.3 Å². The van der Waals surface area contributed by atoms with Crippen LogP contribution in [-0.2, 0) is 4.74 Å². The lowest BCUT2D eigenvalue weighted by molar-refractivity contribution is -0.0610. The van der Waals surface area contributed by atoms with Crippen molar-refractivity contribution in [1.82, 2.24) is 5.32 Å². The maximum absolute atomic E-state index is 6.15. The van der Waals surface area contributed by atoms with Gasteiger partial charge in [-0.05, 0) is 39.2 Å². The first-order valence-corrected chi connectivity index (χ1v) is 7.22. The Bertz CT molecular complexity index is 231. The minimum atomic E-state index is 0.0723. The molecule has 1 aliphatic rings. The van der Waals surface area contributed by atoms with Gasteiger partial charge in [-0.3, -0.25) is 0 Å². The van der Waals surface area contributed by atoms with Crippen molar-refractivity contribution in [2.45, 2.75) is 70.9 Å². The van der Waals surface area contributed by atoms with Crippen molar-refractivity contribution in [3.63, 3.8) is 0 Å². The van der Waals surface area contributed by atoms with Crippen LogP contribution in [0.5, 0.6) is 0 Å². The zero-order valence-corrected chi connectivity index (χ0v) is 11.8. The minimum Gasteiger partial charge on any atom is -0.374 e. The minimum absolute atomic E-state index is 0.0723. The van der Waals surface area contributed by atoms with E-state index in [0.29, 0.717) is 6.04 Å². The zero-order valence-electron chi connectivity index (χ0n) is 11.8. The van der Waals surface area contributed by atoms with Crippen LogP contribution in [-0.4, -0.2) is 24.8 Å². The van der Waals surface area contributed by atoms with Crippen molar-refractivity contribution >= 4 is 0 Å². The van der Waals surface area contributed by atoms with Crippen molar-refractivity contribution in [2.75, 3.05) is 13.2 Å². The molecule has 1 saturated carbocycles. The molecule has 0 radical (unpaired) electrons. The summed E-state index contributed by atoms with van der Waals surface area (Å²) in [5, 5.41) is 3.63. The summed E-state index contributed by atoms with van der Waals surface area (Å²) in [5.41, 5.74) is 1.41. The second-order valence-corrected chi connectivity index (χ2v) is 5.12. The Kier molecular flexibility index (Phi) is 6.21. The highest BCUT2D eigenvalue weighted by molar-refractivity contribution is 5.05. The summed E-state index contributed by atoms with van der Waals surface area (Å²) in [5.74, 6) is 0.